The monoisotopic (exact) mass is 574 g/mol. The van der Waals surface area contributed by atoms with Crippen LogP contribution in [0.5, 0.6) is 0 Å². The zero-order valence-corrected chi connectivity index (χ0v) is 26.0. The van der Waals surface area contributed by atoms with Crippen molar-refractivity contribution in [1.82, 2.24) is 4.90 Å². The van der Waals surface area contributed by atoms with E-state index in [1.165, 1.54) is 11.8 Å². The van der Waals surface area contributed by atoms with Crippen molar-refractivity contribution < 1.29 is 24.2 Å². The van der Waals surface area contributed by atoms with Crippen molar-refractivity contribution in [2.75, 3.05) is 18.8 Å². The van der Waals surface area contributed by atoms with Crippen LogP contribution in [0.1, 0.15) is 73.6 Å². The molecule has 1 aliphatic heterocycles. The average Bonchev–Trinajstić information content (AvgIpc) is 3.29. The van der Waals surface area contributed by atoms with E-state index < -0.39 is 29.1 Å². The van der Waals surface area contributed by atoms with Gasteiger partial charge in [-0.1, -0.05) is 59.8 Å². The molecule has 3 saturated carbocycles. The van der Waals surface area contributed by atoms with Gasteiger partial charge in [0.2, 0.25) is 5.91 Å². The summed E-state index contributed by atoms with van der Waals surface area (Å²) < 4.78 is 6.36. The van der Waals surface area contributed by atoms with Crippen LogP contribution in [0.4, 0.5) is 0 Å². The van der Waals surface area contributed by atoms with Gasteiger partial charge in [-0.3, -0.25) is 14.4 Å². The van der Waals surface area contributed by atoms with E-state index in [1.807, 2.05) is 39.0 Å². The quantitative estimate of drug-likeness (QED) is 0.343. The van der Waals surface area contributed by atoms with Crippen LogP contribution in [0, 0.1) is 39.9 Å². The van der Waals surface area contributed by atoms with Gasteiger partial charge in [-0.05, 0) is 48.9 Å². The number of nitrogens with zero attached hydrogens (tertiary/aromatic N) is 1. The lowest BCUT2D eigenvalue weighted by Crippen LogP contribution is -2.63. The van der Waals surface area contributed by atoms with Crippen molar-refractivity contribution in [2.24, 2.45) is 45.7 Å². The molecule has 3 N–H and O–H groups in total. The Morgan fingerprint density at radius 3 is 2.65 bits per heavy atom. The number of carbonyl (C=O) groups is 3. The number of carbonyl (C=O) groups excluding carboxylic acids is 3. The Bertz CT molecular complexity index is 1050. The Morgan fingerprint density at radius 2 is 2.00 bits per heavy atom. The molecule has 7 nitrogen and oxygen atoms in total. The van der Waals surface area contributed by atoms with Crippen molar-refractivity contribution in [3.63, 3.8) is 0 Å². The third kappa shape index (κ3) is 5.22. The highest BCUT2D eigenvalue weighted by molar-refractivity contribution is 8.00. The highest BCUT2D eigenvalue weighted by Gasteiger charge is 2.68. The van der Waals surface area contributed by atoms with E-state index in [4.69, 9.17) is 10.5 Å². The van der Waals surface area contributed by atoms with Crippen LogP contribution in [0.2, 0.25) is 0 Å². The highest BCUT2D eigenvalue weighted by Crippen LogP contribution is 2.68. The summed E-state index contributed by atoms with van der Waals surface area (Å²) in [5.41, 5.74) is 4.64. The Balaban J connectivity index is 1.53. The summed E-state index contributed by atoms with van der Waals surface area (Å²) in [5.74, 6) is -0.0412. The Hall–Kier alpha value is -1.64. The second kappa shape index (κ2) is 11.6. The first-order valence-corrected chi connectivity index (χ1v) is 16.1. The van der Waals surface area contributed by atoms with E-state index in [-0.39, 0.29) is 57.7 Å². The molecule has 0 saturated heterocycles. The number of rotatable bonds is 7. The fraction of sp³-hybridized carbons (Fsp3) is 0.781. The molecular weight excluding hydrogens is 524 g/mol. The molecule has 6 unspecified atom stereocenters. The van der Waals surface area contributed by atoms with Gasteiger partial charge in [0.1, 0.15) is 11.9 Å². The minimum atomic E-state index is -0.681. The van der Waals surface area contributed by atoms with Gasteiger partial charge >= 0.3 is 5.97 Å². The molecule has 224 valence electrons. The number of amides is 1. The molecular formula is C32H50N2O5S. The van der Waals surface area contributed by atoms with E-state index in [0.717, 1.165) is 19.3 Å². The van der Waals surface area contributed by atoms with Crippen molar-refractivity contribution >= 4 is 29.4 Å². The molecule has 8 heteroatoms. The first-order chi connectivity index (χ1) is 18.7. The maximum absolute atomic E-state index is 13.6. The molecule has 10 atom stereocenters. The Morgan fingerprint density at radius 1 is 1.30 bits per heavy atom. The number of hydrogen-bond acceptors (Lipinski definition) is 7. The largest absolute Gasteiger partial charge is 0.461 e. The first kappa shape index (κ1) is 31.3. The van der Waals surface area contributed by atoms with Crippen molar-refractivity contribution in [3.05, 3.63) is 24.8 Å². The second-order valence-electron chi connectivity index (χ2n) is 13.9. The predicted octanol–water partition coefficient (Wildman–Crippen LogP) is 4.38. The van der Waals surface area contributed by atoms with Crippen molar-refractivity contribution in [2.45, 2.75) is 97.1 Å². The molecule has 4 aliphatic rings. The van der Waals surface area contributed by atoms with Crippen LogP contribution in [0.15, 0.2) is 24.8 Å². The zero-order chi connectivity index (χ0) is 29.6. The van der Waals surface area contributed by atoms with E-state index in [0.29, 0.717) is 25.9 Å². The summed E-state index contributed by atoms with van der Waals surface area (Å²) in [7, 11) is 0. The molecule has 0 aromatic heterocycles. The van der Waals surface area contributed by atoms with Crippen LogP contribution < -0.4 is 5.73 Å². The molecule has 4 rings (SSSR count). The molecule has 3 fully saturated rings. The number of aliphatic hydroxyl groups excluding tert-OH is 1. The lowest BCUT2D eigenvalue weighted by atomic mass is 9.44. The summed E-state index contributed by atoms with van der Waals surface area (Å²) in [5, 5.41) is 11.7. The number of Topliss-reactive ketones (excluding diaryl/α,β-unsaturated/α-hetero) is 1. The molecule has 1 heterocycles. The molecule has 40 heavy (non-hydrogen) atoms. The van der Waals surface area contributed by atoms with Crippen LogP contribution in [0.3, 0.4) is 0 Å². The van der Waals surface area contributed by atoms with Gasteiger partial charge in [0.25, 0.3) is 0 Å². The topological polar surface area (TPSA) is 110 Å². The molecule has 2 bridgehead atoms. The smallest absolute Gasteiger partial charge is 0.316 e. The van der Waals surface area contributed by atoms with Crippen molar-refractivity contribution in [3.8, 4) is 0 Å². The standard InChI is InChI=1S/C32H50N2O5S/c1-8-30(6)16-24(31(7)20(4)11-13-32(21(5)28(30)37)14-12-23(35)27(31)32)39-25(36)18-40-22-10-9-15-34(17-22)29(38)26(33)19(2)3/h8-10,19-22,24,26-28,37H,1,11-18,33H2,2-7H3/t20?,21-,22?,24+,26?,27?,28?,30+,31-,32?/m0/s1. The van der Waals surface area contributed by atoms with Gasteiger partial charge in [0, 0.05) is 41.5 Å². The predicted molar refractivity (Wildman–Crippen MR) is 159 cm³/mol. The van der Waals surface area contributed by atoms with Crippen LogP contribution in [-0.4, -0.2) is 70.0 Å². The summed E-state index contributed by atoms with van der Waals surface area (Å²) in [4.78, 5) is 41.6. The van der Waals surface area contributed by atoms with E-state index >= 15 is 0 Å². The number of aliphatic hydroxyl groups is 1. The maximum Gasteiger partial charge on any atom is 0.316 e. The minimum Gasteiger partial charge on any atom is -0.461 e. The number of ketones is 1. The fourth-order valence-corrected chi connectivity index (χ4v) is 9.27. The van der Waals surface area contributed by atoms with Crippen LogP contribution >= 0.6 is 11.8 Å². The lowest BCUT2D eigenvalue weighted by molar-refractivity contribution is -0.205. The summed E-state index contributed by atoms with van der Waals surface area (Å²) >= 11 is 1.46. The van der Waals surface area contributed by atoms with E-state index in [9.17, 15) is 19.5 Å². The molecule has 0 aromatic rings. The molecule has 1 amide bonds. The van der Waals surface area contributed by atoms with Gasteiger partial charge in [-0.2, -0.15) is 0 Å². The summed E-state index contributed by atoms with van der Waals surface area (Å²) in [6, 6.07) is -0.540. The van der Waals surface area contributed by atoms with E-state index in [1.54, 1.807) is 4.90 Å². The normalized spacial score (nSPS) is 42.1. The number of thioether (sulfide) groups is 1. The number of nitrogens with two attached hydrogens (primary N) is 1. The van der Waals surface area contributed by atoms with Gasteiger partial charge in [-0.15, -0.1) is 18.3 Å². The highest BCUT2D eigenvalue weighted by atomic mass is 32.2. The molecule has 3 aliphatic carbocycles. The summed E-state index contributed by atoms with van der Waals surface area (Å²) in [6.07, 6.45) is 8.21. The maximum atomic E-state index is 13.6. The van der Waals surface area contributed by atoms with Gasteiger partial charge in [0.15, 0.2) is 0 Å². The van der Waals surface area contributed by atoms with E-state index in [2.05, 4.69) is 27.4 Å². The summed E-state index contributed by atoms with van der Waals surface area (Å²) in [6.45, 7) is 17.5. The second-order valence-corrected chi connectivity index (χ2v) is 15.1. The molecule has 0 spiro atoms. The Kier molecular flexibility index (Phi) is 9.05. The van der Waals surface area contributed by atoms with Crippen LogP contribution in [-0.2, 0) is 19.1 Å². The zero-order valence-electron chi connectivity index (χ0n) is 25.2. The molecule has 0 aromatic carbocycles. The number of hydrogen-bond donors (Lipinski definition) is 2. The lowest BCUT2D eigenvalue weighted by Gasteiger charge is -2.61. The third-order valence-electron chi connectivity index (χ3n) is 11.4. The Labute approximate surface area is 244 Å². The van der Waals surface area contributed by atoms with Gasteiger partial charge in [0.05, 0.1) is 17.9 Å². The third-order valence-corrected chi connectivity index (χ3v) is 12.5. The fourth-order valence-electron chi connectivity index (χ4n) is 8.35. The average molecular weight is 575 g/mol. The number of ether oxygens (including phenoxy) is 1. The first-order valence-electron chi connectivity index (χ1n) is 15.1. The van der Waals surface area contributed by atoms with Crippen molar-refractivity contribution in [1.29, 1.82) is 0 Å². The minimum absolute atomic E-state index is 0.0312. The van der Waals surface area contributed by atoms with Gasteiger partial charge in [-0.25, -0.2) is 0 Å². The van der Waals surface area contributed by atoms with Crippen LogP contribution in [0.25, 0.3) is 0 Å². The molecule has 0 radical (unpaired) electrons. The number of esters is 1. The van der Waals surface area contributed by atoms with Gasteiger partial charge < -0.3 is 20.5 Å². The SMILES string of the molecule is C=C[C@]1(C)C[C@@H](OC(=O)CSC2C=CCN(C(=O)C(N)C(C)C)C2)[C@]2(C)C(C)CCC3(CCC(=O)C32)[C@@H](C)C1O.